The van der Waals surface area contributed by atoms with Crippen molar-refractivity contribution in [2.24, 2.45) is 5.41 Å². The molecule has 3 heterocycles. The lowest BCUT2D eigenvalue weighted by atomic mass is 9.68. The number of carbonyl (C=O) groups excluding carboxylic acids is 3. The maximum Gasteiger partial charge on any atom is 0.332 e. The molecule has 3 aliphatic rings. The number of nitrogens with zero attached hydrogens (tertiary/aromatic N) is 3. The number of fused-ring (bicyclic) bond motifs is 4. The Bertz CT molecular complexity index is 878. The van der Waals surface area contributed by atoms with Crippen LogP contribution in [-0.4, -0.2) is 66.5 Å². The molecule has 2 fully saturated rings. The summed E-state index contributed by atoms with van der Waals surface area (Å²) in [6.45, 7) is 0.781. The van der Waals surface area contributed by atoms with Crippen molar-refractivity contribution in [3.63, 3.8) is 0 Å². The summed E-state index contributed by atoms with van der Waals surface area (Å²) in [7, 11) is 4.64. The van der Waals surface area contributed by atoms with Gasteiger partial charge in [0.1, 0.15) is 0 Å². The predicted molar refractivity (Wildman–Crippen MR) is 109 cm³/mol. The number of amides is 4. The minimum absolute atomic E-state index is 0.241. The smallest absolute Gasteiger partial charge is 0.332 e. The van der Waals surface area contributed by atoms with Crippen molar-refractivity contribution >= 4 is 46.6 Å². The molecule has 148 valence electrons. The van der Waals surface area contributed by atoms with E-state index < -0.39 is 23.3 Å². The van der Waals surface area contributed by atoms with Gasteiger partial charge < -0.3 is 15.5 Å². The van der Waals surface area contributed by atoms with Gasteiger partial charge in [0.2, 0.25) is 11.8 Å². The van der Waals surface area contributed by atoms with Gasteiger partial charge in [-0.25, -0.2) is 4.79 Å². The molecule has 1 aromatic carbocycles. The quantitative estimate of drug-likeness (QED) is 0.540. The summed E-state index contributed by atoms with van der Waals surface area (Å²) in [6.07, 6.45) is 1.92. The lowest BCUT2D eigenvalue weighted by molar-refractivity contribution is -0.159. The number of rotatable bonds is 1. The van der Waals surface area contributed by atoms with Crippen LogP contribution >= 0.6 is 12.2 Å². The summed E-state index contributed by atoms with van der Waals surface area (Å²) < 4.78 is 0. The third kappa shape index (κ3) is 2.42. The summed E-state index contributed by atoms with van der Waals surface area (Å²) in [4.78, 5) is 43.2. The number of thiocarbonyl (C=S) groups is 1. The number of imide groups is 2. The molecule has 2 N–H and O–H groups in total. The van der Waals surface area contributed by atoms with Crippen molar-refractivity contribution < 1.29 is 14.4 Å². The van der Waals surface area contributed by atoms with Crippen molar-refractivity contribution in [3.8, 4) is 0 Å². The highest BCUT2D eigenvalue weighted by molar-refractivity contribution is 7.80. The van der Waals surface area contributed by atoms with E-state index >= 15 is 0 Å². The number of hydrogen-bond acceptors (Lipinski definition) is 5. The van der Waals surface area contributed by atoms with Crippen LogP contribution in [0.25, 0.3) is 0 Å². The van der Waals surface area contributed by atoms with Gasteiger partial charge in [0.05, 0.1) is 6.04 Å². The van der Waals surface area contributed by atoms with Crippen LogP contribution in [0, 0.1) is 5.41 Å². The van der Waals surface area contributed by atoms with Crippen molar-refractivity contribution in [2.45, 2.75) is 25.3 Å². The molecule has 1 aromatic rings. The van der Waals surface area contributed by atoms with Crippen LogP contribution in [0.2, 0.25) is 0 Å². The monoisotopic (exact) mass is 401 g/mol. The van der Waals surface area contributed by atoms with Crippen LogP contribution < -0.4 is 15.5 Å². The SMILES string of the molecule is CNC(=S)Nc1ccc2c(c1)CC1(C(=O)N(C)C(=O)N(C)C1=O)[C@H]1CCCN21. The van der Waals surface area contributed by atoms with Crippen LogP contribution in [-0.2, 0) is 16.0 Å². The summed E-state index contributed by atoms with van der Waals surface area (Å²) in [5.74, 6) is -0.820. The molecule has 4 amide bonds. The molecule has 0 bridgehead atoms. The highest BCUT2D eigenvalue weighted by atomic mass is 32.1. The number of barbiturate groups is 1. The van der Waals surface area contributed by atoms with Gasteiger partial charge in [-0.2, -0.15) is 0 Å². The molecular weight excluding hydrogens is 378 g/mol. The predicted octanol–water partition coefficient (Wildman–Crippen LogP) is 1.16. The first kappa shape index (κ1) is 18.7. The first-order chi connectivity index (χ1) is 13.3. The molecule has 1 atom stereocenters. The van der Waals surface area contributed by atoms with E-state index in [1.807, 2.05) is 18.2 Å². The normalized spacial score (nSPS) is 23.0. The third-order valence-electron chi connectivity index (χ3n) is 6.11. The van der Waals surface area contributed by atoms with E-state index in [1.54, 1.807) is 7.05 Å². The molecule has 8 nitrogen and oxygen atoms in total. The summed E-state index contributed by atoms with van der Waals surface area (Å²) in [5.41, 5.74) is 1.46. The van der Waals surface area contributed by atoms with E-state index in [2.05, 4.69) is 15.5 Å². The first-order valence-corrected chi connectivity index (χ1v) is 9.70. The number of carbonyl (C=O) groups is 3. The average Bonchev–Trinajstić information content (AvgIpc) is 3.19. The van der Waals surface area contributed by atoms with Crippen molar-refractivity contribution in [1.82, 2.24) is 15.1 Å². The molecule has 0 aromatic heterocycles. The molecule has 2 saturated heterocycles. The zero-order valence-electron chi connectivity index (χ0n) is 16.1. The van der Waals surface area contributed by atoms with E-state index in [9.17, 15) is 14.4 Å². The number of benzene rings is 1. The maximum atomic E-state index is 13.3. The highest BCUT2D eigenvalue weighted by Gasteiger charge is 2.63. The third-order valence-corrected chi connectivity index (χ3v) is 6.42. The van der Waals surface area contributed by atoms with E-state index in [-0.39, 0.29) is 12.5 Å². The largest absolute Gasteiger partial charge is 0.367 e. The second kappa shape index (κ2) is 6.44. The van der Waals surface area contributed by atoms with Crippen LogP contribution in [0.5, 0.6) is 0 Å². The second-order valence-corrected chi connectivity index (χ2v) is 7.97. The molecule has 1 spiro atoms. The topological polar surface area (TPSA) is 85.0 Å². The fourth-order valence-corrected chi connectivity index (χ4v) is 4.91. The van der Waals surface area contributed by atoms with Crippen LogP contribution in [0.15, 0.2) is 18.2 Å². The zero-order valence-corrected chi connectivity index (χ0v) is 16.9. The average molecular weight is 401 g/mol. The van der Waals surface area contributed by atoms with Crippen LogP contribution in [0.3, 0.4) is 0 Å². The van der Waals surface area contributed by atoms with E-state index in [0.717, 1.165) is 46.1 Å². The fourth-order valence-electron chi connectivity index (χ4n) is 4.79. The lowest BCUT2D eigenvalue weighted by Crippen LogP contribution is -2.70. The molecule has 0 saturated carbocycles. The maximum absolute atomic E-state index is 13.3. The highest BCUT2D eigenvalue weighted by Crippen LogP contribution is 2.49. The van der Waals surface area contributed by atoms with Gasteiger partial charge in [-0.15, -0.1) is 0 Å². The first-order valence-electron chi connectivity index (χ1n) is 9.30. The summed E-state index contributed by atoms with van der Waals surface area (Å²) in [5, 5.41) is 6.45. The molecular formula is C19H23N5O3S. The van der Waals surface area contributed by atoms with Gasteiger partial charge in [0.25, 0.3) is 0 Å². The van der Waals surface area contributed by atoms with E-state index in [4.69, 9.17) is 12.2 Å². The summed E-state index contributed by atoms with van der Waals surface area (Å²) >= 11 is 5.17. The number of urea groups is 1. The molecule has 0 aliphatic carbocycles. The molecule has 3 aliphatic heterocycles. The Morgan fingerprint density at radius 2 is 1.86 bits per heavy atom. The number of anilines is 2. The van der Waals surface area contributed by atoms with Crippen LogP contribution in [0.4, 0.5) is 16.2 Å². The van der Waals surface area contributed by atoms with Crippen molar-refractivity contribution in [2.75, 3.05) is 37.9 Å². The Hall–Kier alpha value is -2.68. The second-order valence-electron chi connectivity index (χ2n) is 7.56. The van der Waals surface area contributed by atoms with Gasteiger partial charge in [0, 0.05) is 39.1 Å². The molecule has 0 radical (unpaired) electrons. The summed E-state index contributed by atoms with van der Waals surface area (Å²) in [6, 6.07) is 5.08. The molecule has 9 heteroatoms. The fraction of sp³-hybridized carbons (Fsp3) is 0.474. The molecule has 28 heavy (non-hydrogen) atoms. The standard InChI is InChI=1S/C19H23N5O3S/c1-20-17(28)21-12-6-7-13-11(9-12)10-19(14-5-4-8-24(13)14)15(25)22(2)18(27)23(3)16(19)26/h6-7,9,14H,4-5,8,10H2,1-3H3,(H2,20,21,28)/t14-/m1/s1. The van der Waals surface area contributed by atoms with Crippen molar-refractivity contribution in [3.05, 3.63) is 23.8 Å². The van der Waals surface area contributed by atoms with Gasteiger partial charge in [0.15, 0.2) is 10.5 Å². The Morgan fingerprint density at radius 3 is 2.50 bits per heavy atom. The van der Waals surface area contributed by atoms with E-state index in [0.29, 0.717) is 5.11 Å². The number of nitrogens with one attached hydrogen (secondary N) is 2. The van der Waals surface area contributed by atoms with Crippen LogP contribution in [0.1, 0.15) is 18.4 Å². The van der Waals surface area contributed by atoms with Gasteiger partial charge in [-0.05, 0) is 55.2 Å². The Kier molecular flexibility index (Phi) is 4.29. The zero-order chi connectivity index (χ0) is 20.2. The molecule has 4 rings (SSSR count). The van der Waals surface area contributed by atoms with E-state index in [1.165, 1.54) is 14.1 Å². The van der Waals surface area contributed by atoms with Crippen molar-refractivity contribution in [1.29, 1.82) is 0 Å². The Balaban J connectivity index is 1.82. The minimum atomic E-state index is -1.27. The lowest BCUT2D eigenvalue weighted by Gasteiger charge is -2.50. The van der Waals surface area contributed by atoms with Gasteiger partial charge in [-0.3, -0.25) is 19.4 Å². The molecule has 0 unspecified atom stereocenters. The van der Waals surface area contributed by atoms with Gasteiger partial charge >= 0.3 is 6.03 Å². The minimum Gasteiger partial charge on any atom is -0.367 e. The Labute approximate surface area is 168 Å². The Morgan fingerprint density at radius 1 is 1.18 bits per heavy atom. The van der Waals surface area contributed by atoms with Gasteiger partial charge in [-0.1, -0.05) is 0 Å². The number of hydrogen-bond donors (Lipinski definition) is 2.